The van der Waals surface area contributed by atoms with Gasteiger partial charge in [-0.1, -0.05) is 12.1 Å². The molecule has 2 aromatic carbocycles. The second-order valence-electron chi connectivity index (χ2n) is 12.3. The van der Waals surface area contributed by atoms with Crippen LogP contribution in [0.2, 0.25) is 0 Å². The maximum absolute atomic E-state index is 12.9. The van der Waals surface area contributed by atoms with Gasteiger partial charge in [-0.3, -0.25) is 9.69 Å². The Morgan fingerprint density at radius 2 is 1.62 bits per heavy atom. The van der Waals surface area contributed by atoms with Crippen molar-refractivity contribution in [1.82, 2.24) is 9.97 Å². The van der Waals surface area contributed by atoms with Crippen LogP contribution in [0.15, 0.2) is 54.7 Å². The first kappa shape index (κ1) is 34.1. The molecule has 0 bridgehead atoms. The molecule has 1 N–H and O–H groups in total. The summed E-state index contributed by atoms with van der Waals surface area (Å²) in [5.74, 6) is 3.33. The van der Waals surface area contributed by atoms with Gasteiger partial charge in [-0.25, -0.2) is 14.8 Å². The van der Waals surface area contributed by atoms with Gasteiger partial charge in [0.05, 0.1) is 52.4 Å². The van der Waals surface area contributed by atoms with Gasteiger partial charge in [0.15, 0.2) is 0 Å². The number of cyclic esters (lactones) is 1. The first-order valence-electron chi connectivity index (χ1n) is 16.4. The first-order valence-corrected chi connectivity index (χ1v) is 16.4. The molecule has 2 amide bonds. The number of hydrogen-bond acceptors (Lipinski definition) is 11. The van der Waals surface area contributed by atoms with Crippen LogP contribution in [0.1, 0.15) is 24.5 Å². The minimum absolute atomic E-state index is 0.236. The zero-order valence-corrected chi connectivity index (χ0v) is 28.8. The molecule has 50 heavy (non-hydrogen) atoms. The van der Waals surface area contributed by atoms with Crippen LogP contribution in [0.3, 0.4) is 0 Å². The number of nitriles is 1. The zero-order chi connectivity index (χ0) is 35.4. The number of fused-ring (bicyclic) bond motifs is 1. The number of carbonyl (C=O) groups excluding carboxylic acids is 2. The molecule has 13 heteroatoms. The topological polar surface area (TPSA) is 148 Å². The lowest BCUT2D eigenvalue weighted by molar-refractivity contribution is -0.117. The van der Waals surface area contributed by atoms with Crippen molar-refractivity contribution in [3.05, 3.63) is 65.9 Å². The van der Waals surface area contributed by atoms with E-state index in [4.69, 9.17) is 28.7 Å². The number of aromatic nitrogens is 2. The number of methoxy groups -OCH3 is 4. The Morgan fingerprint density at radius 3 is 2.14 bits per heavy atom. The molecule has 6 rings (SSSR count). The van der Waals surface area contributed by atoms with E-state index in [1.165, 1.54) is 0 Å². The average molecular weight is 681 g/mol. The number of amides is 2. The summed E-state index contributed by atoms with van der Waals surface area (Å²) in [5.41, 5.74) is 1.97. The highest BCUT2D eigenvalue weighted by Crippen LogP contribution is 2.39. The predicted molar refractivity (Wildman–Crippen MR) is 187 cm³/mol. The molecule has 0 unspecified atom stereocenters. The highest BCUT2D eigenvalue weighted by molar-refractivity contribution is 6.00. The molecule has 2 fully saturated rings. The molecule has 2 aliphatic rings. The van der Waals surface area contributed by atoms with Crippen molar-refractivity contribution in [2.24, 2.45) is 11.8 Å². The van der Waals surface area contributed by atoms with E-state index in [1.54, 1.807) is 45.6 Å². The van der Waals surface area contributed by atoms with E-state index in [1.807, 2.05) is 49.4 Å². The number of rotatable bonds is 14. The maximum Gasteiger partial charge on any atom is 0.415 e. The van der Waals surface area contributed by atoms with E-state index in [9.17, 15) is 14.9 Å². The third kappa shape index (κ3) is 7.15. The van der Waals surface area contributed by atoms with Gasteiger partial charge in [0.2, 0.25) is 5.91 Å². The van der Waals surface area contributed by atoms with Crippen LogP contribution in [0, 0.1) is 23.2 Å². The number of benzene rings is 2. The summed E-state index contributed by atoms with van der Waals surface area (Å²) in [4.78, 5) is 39.1. The number of carbonyl (C=O) groups is 2. The molecule has 0 spiro atoms. The number of anilines is 3. The molecule has 1 saturated carbocycles. The lowest BCUT2D eigenvalue weighted by Gasteiger charge is -2.28. The fraction of sp³-hybridized carbons (Fsp3) is 0.378. The second-order valence-corrected chi connectivity index (χ2v) is 12.3. The SMILES string of the molecule is COc1ccc(CCN(CCc2ccc(OC)cc2OC)c2nc(N3C(=O)OC[C@@H]3C)cc3cc(NC(=O)[C@@H]4C[C@H]4C#N)ncc23)c(OC)c1. The first-order chi connectivity index (χ1) is 24.3. The molecule has 260 valence electrons. The van der Waals surface area contributed by atoms with Crippen LogP contribution in [-0.2, 0) is 22.4 Å². The zero-order valence-electron chi connectivity index (χ0n) is 28.8. The standard InChI is InChI=1S/C37H40N6O7/c1-22-21-50-37(45)43(22)34-16-25-15-33(40-36(44)29-14-26(29)19-38)39-20-30(25)35(41-34)42(12-10-23-6-8-27(46-2)17-31(23)48-4)13-11-24-7-9-28(47-3)18-32(24)49-5/h6-9,15-18,20,22,26,29H,10-14,21H2,1-5H3,(H,39,40,44)/t22-,26-,29+/m0/s1. The maximum atomic E-state index is 12.9. The predicted octanol–water partition coefficient (Wildman–Crippen LogP) is 5.40. The fourth-order valence-corrected chi connectivity index (χ4v) is 6.18. The normalized spacial score (nSPS) is 17.9. The van der Waals surface area contributed by atoms with Gasteiger partial charge in [-0.05, 0) is 67.0 Å². The number of pyridine rings is 2. The monoisotopic (exact) mass is 680 g/mol. The molecular weight excluding hydrogens is 640 g/mol. The summed E-state index contributed by atoms with van der Waals surface area (Å²) >= 11 is 0. The Labute approximate surface area is 290 Å². The Balaban J connectivity index is 1.41. The highest BCUT2D eigenvalue weighted by Gasteiger charge is 2.43. The molecule has 3 atom stereocenters. The highest BCUT2D eigenvalue weighted by atomic mass is 16.6. The van der Waals surface area contributed by atoms with Gasteiger partial charge in [0, 0.05) is 36.8 Å². The summed E-state index contributed by atoms with van der Waals surface area (Å²) in [7, 11) is 6.49. The smallest absolute Gasteiger partial charge is 0.415 e. The van der Waals surface area contributed by atoms with Crippen LogP contribution in [-0.4, -0.2) is 76.1 Å². The van der Waals surface area contributed by atoms with Gasteiger partial charge >= 0.3 is 6.09 Å². The van der Waals surface area contributed by atoms with Crippen LogP contribution >= 0.6 is 0 Å². The van der Waals surface area contributed by atoms with Crippen LogP contribution in [0.4, 0.5) is 22.2 Å². The summed E-state index contributed by atoms with van der Waals surface area (Å²) in [6.45, 7) is 3.20. The van der Waals surface area contributed by atoms with E-state index in [0.29, 0.717) is 72.8 Å². The molecular formula is C37H40N6O7. The largest absolute Gasteiger partial charge is 0.497 e. The van der Waals surface area contributed by atoms with Crippen molar-refractivity contribution in [3.8, 4) is 29.1 Å². The molecule has 1 aliphatic heterocycles. The fourth-order valence-electron chi connectivity index (χ4n) is 6.18. The summed E-state index contributed by atoms with van der Waals surface area (Å²) in [6, 6.07) is 17.0. The van der Waals surface area contributed by atoms with Crippen molar-refractivity contribution in [3.63, 3.8) is 0 Å². The molecule has 3 heterocycles. The minimum Gasteiger partial charge on any atom is -0.497 e. The quantitative estimate of drug-likeness (QED) is 0.183. The lowest BCUT2D eigenvalue weighted by Crippen LogP contribution is -2.33. The van der Waals surface area contributed by atoms with Crippen LogP contribution in [0.25, 0.3) is 10.8 Å². The van der Waals surface area contributed by atoms with Crippen LogP contribution < -0.4 is 34.1 Å². The van der Waals surface area contributed by atoms with E-state index < -0.39 is 6.09 Å². The Hall–Kier alpha value is -5.77. The Bertz CT molecular complexity index is 1890. The van der Waals surface area contributed by atoms with Crippen molar-refractivity contribution in [2.75, 3.05) is 63.3 Å². The number of nitrogens with one attached hydrogen (secondary N) is 1. The van der Waals surface area contributed by atoms with Gasteiger partial charge in [-0.15, -0.1) is 0 Å². The summed E-state index contributed by atoms with van der Waals surface area (Å²) < 4.78 is 27.6. The summed E-state index contributed by atoms with van der Waals surface area (Å²) in [5, 5.41) is 13.5. The van der Waals surface area contributed by atoms with E-state index in [0.717, 1.165) is 21.9 Å². The van der Waals surface area contributed by atoms with Crippen molar-refractivity contribution < 1.29 is 33.3 Å². The number of ether oxygens (including phenoxy) is 5. The molecule has 4 aromatic rings. The van der Waals surface area contributed by atoms with Crippen molar-refractivity contribution in [1.29, 1.82) is 5.26 Å². The molecule has 1 saturated heterocycles. The van der Waals surface area contributed by atoms with Gasteiger partial charge in [-0.2, -0.15) is 5.26 Å². The lowest BCUT2D eigenvalue weighted by atomic mass is 10.1. The van der Waals surface area contributed by atoms with Crippen LogP contribution in [0.5, 0.6) is 23.0 Å². The van der Waals surface area contributed by atoms with Gasteiger partial charge in [0.1, 0.15) is 47.1 Å². The summed E-state index contributed by atoms with van der Waals surface area (Å²) in [6.07, 6.45) is 2.95. The molecule has 2 aromatic heterocycles. The van der Waals surface area contributed by atoms with Gasteiger partial charge < -0.3 is 33.9 Å². The third-order valence-electron chi connectivity index (χ3n) is 9.15. The Kier molecular flexibility index (Phi) is 10.1. The van der Waals surface area contributed by atoms with E-state index in [-0.39, 0.29) is 30.4 Å². The molecule has 1 aliphatic carbocycles. The second kappa shape index (κ2) is 14.8. The average Bonchev–Trinajstić information content (AvgIpc) is 3.86. The van der Waals surface area contributed by atoms with E-state index in [2.05, 4.69) is 21.3 Å². The number of hydrogen-bond donors (Lipinski definition) is 1. The third-order valence-corrected chi connectivity index (χ3v) is 9.15. The van der Waals surface area contributed by atoms with E-state index >= 15 is 0 Å². The molecule has 0 radical (unpaired) electrons. The Morgan fingerprint density at radius 1 is 0.980 bits per heavy atom. The van der Waals surface area contributed by atoms with Crippen molar-refractivity contribution in [2.45, 2.75) is 32.2 Å². The number of nitrogens with zero attached hydrogens (tertiary/aromatic N) is 5. The molecule has 13 nitrogen and oxygen atoms in total. The minimum atomic E-state index is -0.480. The van der Waals surface area contributed by atoms with Gasteiger partial charge in [0.25, 0.3) is 0 Å². The van der Waals surface area contributed by atoms with Crippen molar-refractivity contribution >= 4 is 40.2 Å².